The van der Waals surface area contributed by atoms with Crippen LogP contribution < -0.4 is 0 Å². The second kappa shape index (κ2) is 6.93. The molecule has 0 saturated heterocycles. The van der Waals surface area contributed by atoms with Crippen LogP contribution in [0, 0.1) is 18.7 Å². The molecule has 0 radical (unpaired) electrons. The number of nitrogens with zero attached hydrogens (tertiary/aromatic N) is 3. The molecule has 0 aliphatic heterocycles. The van der Waals surface area contributed by atoms with Crippen LogP contribution in [0.2, 0.25) is 0 Å². The van der Waals surface area contributed by atoms with E-state index in [0.717, 1.165) is 45.6 Å². The fourth-order valence-corrected chi connectivity index (χ4v) is 4.23. The summed E-state index contributed by atoms with van der Waals surface area (Å²) < 4.78 is 15.7. The van der Waals surface area contributed by atoms with Gasteiger partial charge in [-0.05, 0) is 61.9 Å². The van der Waals surface area contributed by atoms with E-state index in [4.69, 9.17) is 0 Å². The lowest BCUT2D eigenvalue weighted by Gasteiger charge is -2.12. The molecule has 26 heavy (non-hydrogen) atoms. The molecule has 6 heteroatoms. The molecule has 1 aliphatic carbocycles. The van der Waals surface area contributed by atoms with E-state index in [1.807, 2.05) is 17.8 Å². The zero-order chi connectivity index (χ0) is 18.3. The first-order valence-electron chi connectivity index (χ1n) is 8.95. The van der Waals surface area contributed by atoms with E-state index >= 15 is 0 Å². The van der Waals surface area contributed by atoms with Gasteiger partial charge in [-0.2, -0.15) is 5.10 Å². The number of aliphatic hydroxyl groups excluding tert-OH is 1. The van der Waals surface area contributed by atoms with E-state index in [0.29, 0.717) is 5.56 Å². The molecule has 4 rings (SSSR count). The van der Waals surface area contributed by atoms with Gasteiger partial charge in [0.25, 0.3) is 0 Å². The standard InChI is InChI=1S/C20H22FN3OS/c1-12(25)18-8-16(21)5-6-17(18)20-19(26-13(2)23-20)7-15-9-22-24(11-15)10-14-3-4-14/h5-6,8-9,11-12,14,25H,3-4,7,10H2,1-2H3/t12-/m1/s1. The minimum atomic E-state index is -0.753. The molecule has 0 bridgehead atoms. The van der Waals surface area contributed by atoms with Crippen molar-refractivity contribution in [3.05, 3.63) is 57.4 Å². The fraction of sp³-hybridized carbons (Fsp3) is 0.400. The number of aryl methyl sites for hydroxylation is 1. The lowest BCUT2D eigenvalue weighted by molar-refractivity contribution is 0.199. The maximum absolute atomic E-state index is 13.6. The summed E-state index contributed by atoms with van der Waals surface area (Å²) in [5.41, 5.74) is 3.35. The molecule has 1 N–H and O–H groups in total. The molecule has 4 nitrogen and oxygen atoms in total. The average molecular weight is 371 g/mol. The van der Waals surface area contributed by atoms with Gasteiger partial charge in [0.15, 0.2) is 0 Å². The number of aromatic nitrogens is 3. The van der Waals surface area contributed by atoms with Gasteiger partial charge in [-0.3, -0.25) is 4.68 Å². The summed E-state index contributed by atoms with van der Waals surface area (Å²) in [7, 11) is 0. The molecule has 136 valence electrons. The normalized spacial score (nSPS) is 15.4. The molecule has 1 fully saturated rings. The Morgan fingerprint density at radius 1 is 1.38 bits per heavy atom. The van der Waals surface area contributed by atoms with E-state index in [1.165, 1.54) is 25.0 Å². The summed E-state index contributed by atoms with van der Waals surface area (Å²) in [6, 6.07) is 4.53. The molecule has 1 saturated carbocycles. The van der Waals surface area contributed by atoms with Gasteiger partial charge in [-0.25, -0.2) is 9.37 Å². The van der Waals surface area contributed by atoms with Crippen LogP contribution in [-0.2, 0) is 13.0 Å². The first-order chi connectivity index (χ1) is 12.5. The topological polar surface area (TPSA) is 50.9 Å². The smallest absolute Gasteiger partial charge is 0.123 e. The van der Waals surface area contributed by atoms with Crippen LogP contribution in [0.4, 0.5) is 4.39 Å². The van der Waals surface area contributed by atoms with Gasteiger partial charge in [-0.15, -0.1) is 11.3 Å². The summed E-state index contributed by atoms with van der Waals surface area (Å²) in [6.45, 7) is 4.62. The van der Waals surface area contributed by atoms with Gasteiger partial charge >= 0.3 is 0 Å². The van der Waals surface area contributed by atoms with Crippen molar-refractivity contribution in [2.45, 2.75) is 45.8 Å². The maximum atomic E-state index is 13.6. The second-order valence-electron chi connectivity index (χ2n) is 7.10. The summed E-state index contributed by atoms with van der Waals surface area (Å²) in [6.07, 6.45) is 6.62. The summed E-state index contributed by atoms with van der Waals surface area (Å²) in [5, 5.41) is 15.5. The third-order valence-corrected chi connectivity index (χ3v) is 5.69. The zero-order valence-electron chi connectivity index (χ0n) is 14.9. The lowest BCUT2D eigenvalue weighted by Crippen LogP contribution is -1.99. The van der Waals surface area contributed by atoms with Crippen LogP contribution in [-0.4, -0.2) is 19.9 Å². The molecule has 0 amide bonds. The van der Waals surface area contributed by atoms with Crippen molar-refractivity contribution in [1.29, 1.82) is 0 Å². The van der Waals surface area contributed by atoms with Gasteiger partial charge in [0, 0.05) is 29.6 Å². The monoisotopic (exact) mass is 371 g/mol. The number of hydrogen-bond donors (Lipinski definition) is 1. The largest absolute Gasteiger partial charge is 0.389 e. The summed E-state index contributed by atoms with van der Waals surface area (Å²) in [4.78, 5) is 5.79. The Morgan fingerprint density at radius 3 is 2.92 bits per heavy atom. The Bertz CT molecular complexity index is 927. The Morgan fingerprint density at radius 2 is 2.19 bits per heavy atom. The number of thiazole rings is 1. The molecular formula is C20H22FN3OS. The SMILES string of the molecule is Cc1nc(-c2ccc(F)cc2[C@@H](C)O)c(Cc2cnn(CC3CC3)c2)s1. The Labute approximate surface area is 156 Å². The van der Waals surface area contributed by atoms with E-state index in [9.17, 15) is 9.50 Å². The quantitative estimate of drug-likeness (QED) is 0.694. The minimum Gasteiger partial charge on any atom is -0.389 e. The zero-order valence-corrected chi connectivity index (χ0v) is 15.8. The molecule has 1 aromatic carbocycles. The van der Waals surface area contributed by atoms with Gasteiger partial charge < -0.3 is 5.11 Å². The van der Waals surface area contributed by atoms with Crippen molar-refractivity contribution in [2.75, 3.05) is 0 Å². The number of benzene rings is 1. The molecular weight excluding hydrogens is 349 g/mol. The minimum absolute atomic E-state index is 0.348. The van der Waals surface area contributed by atoms with Crippen LogP contribution in [0.25, 0.3) is 11.3 Å². The van der Waals surface area contributed by atoms with Crippen LogP contribution >= 0.6 is 11.3 Å². The van der Waals surface area contributed by atoms with Crippen molar-refractivity contribution in [2.24, 2.45) is 5.92 Å². The van der Waals surface area contributed by atoms with E-state index in [1.54, 1.807) is 24.3 Å². The summed E-state index contributed by atoms with van der Waals surface area (Å²) >= 11 is 1.64. The molecule has 2 heterocycles. The predicted molar refractivity (Wildman–Crippen MR) is 101 cm³/mol. The molecule has 0 spiro atoms. The van der Waals surface area contributed by atoms with Crippen molar-refractivity contribution in [3.63, 3.8) is 0 Å². The van der Waals surface area contributed by atoms with Gasteiger partial charge in [-0.1, -0.05) is 0 Å². The molecule has 3 aromatic rings. The highest BCUT2D eigenvalue weighted by molar-refractivity contribution is 7.12. The number of halogens is 1. The predicted octanol–water partition coefficient (Wildman–Crippen LogP) is 4.51. The van der Waals surface area contributed by atoms with Crippen molar-refractivity contribution < 1.29 is 9.50 Å². The number of aliphatic hydroxyl groups is 1. The van der Waals surface area contributed by atoms with Crippen LogP contribution in [0.3, 0.4) is 0 Å². The van der Waals surface area contributed by atoms with E-state index < -0.39 is 6.10 Å². The van der Waals surface area contributed by atoms with Gasteiger partial charge in [0.1, 0.15) is 5.82 Å². The average Bonchev–Trinajstić information content (AvgIpc) is 3.18. The number of hydrogen-bond acceptors (Lipinski definition) is 4. The number of rotatable bonds is 6. The summed E-state index contributed by atoms with van der Waals surface area (Å²) in [5.74, 6) is 0.441. The van der Waals surface area contributed by atoms with Gasteiger partial charge in [0.05, 0.1) is 23.0 Å². The third-order valence-electron chi connectivity index (χ3n) is 4.72. The third kappa shape index (κ3) is 3.71. The van der Waals surface area contributed by atoms with E-state index in [2.05, 4.69) is 16.3 Å². The Balaban J connectivity index is 1.66. The molecule has 1 atom stereocenters. The van der Waals surface area contributed by atoms with Crippen LogP contribution in [0.5, 0.6) is 0 Å². The van der Waals surface area contributed by atoms with E-state index in [-0.39, 0.29) is 5.82 Å². The highest BCUT2D eigenvalue weighted by Gasteiger charge is 2.22. The lowest BCUT2D eigenvalue weighted by atomic mass is 9.98. The first-order valence-corrected chi connectivity index (χ1v) is 9.77. The Hall–Kier alpha value is -2.05. The Kier molecular flexibility index (Phi) is 4.63. The molecule has 2 aromatic heterocycles. The second-order valence-corrected chi connectivity index (χ2v) is 8.39. The highest BCUT2D eigenvalue weighted by Crippen LogP contribution is 2.35. The van der Waals surface area contributed by atoms with Crippen molar-refractivity contribution in [1.82, 2.24) is 14.8 Å². The highest BCUT2D eigenvalue weighted by atomic mass is 32.1. The van der Waals surface area contributed by atoms with Gasteiger partial charge in [0.2, 0.25) is 0 Å². The van der Waals surface area contributed by atoms with Crippen LogP contribution in [0.15, 0.2) is 30.6 Å². The molecule has 0 unspecified atom stereocenters. The maximum Gasteiger partial charge on any atom is 0.123 e. The first kappa shape index (κ1) is 17.4. The van der Waals surface area contributed by atoms with Crippen molar-refractivity contribution in [3.8, 4) is 11.3 Å². The van der Waals surface area contributed by atoms with Crippen LogP contribution in [0.1, 0.15) is 46.9 Å². The molecule has 1 aliphatic rings. The van der Waals surface area contributed by atoms with Crippen molar-refractivity contribution >= 4 is 11.3 Å². The fourth-order valence-electron chi connectivity index (χ4n) is 3.24.